The van der Waals surface area contributed by atoms with E-state index in [1.807, 2.05) is 26.0 Å². The lowest BCUT2D eigenvalue weighted by Gasteiger charge is -2.16. The summed E-state index contributed by atoms with van der Waals surface area (Å²) in [5, 5.41) is 11.9. The van der Waals surface area contributed by atoms with E-state index < -0.39 is 12.0 Å². The number of halogens is 1. The van der Waals surface area contributed by atoms with Crippen molar-refractivity contribution >= 4 is 12.0 Å². The largest absolute Gasteiger partial charge is 0.480 e. The second kappa shape index (κ2) is 6.91. The Morgan fingerprint density at radius 1 is 1.39 bits per heavy atom. The number of aliphatic carboxylic acids is 1. The third-order valence-electron chi connectivity index (χ3n) is 2.57. The summed E-state index contributed by atoms with van der Waals surface area (Å²) in [4.78, 5) is 10.9. The third-order valence-corrected chi connectivity index (χ3v) is 2.57. The Kier molecular flexibility index (Phi) is 5.52. The summed E-state index contributed by atoms with van der Waals surface area (Å²) < 4.78 is 12.7. The summed E-state index contributed by atoms with van der Waals surface area (Å²) in [5.41, 5.74) is 0.884. The van der Waals surface area contributed by atoms with E-state index in [9.17, 15) is 9.18 Å². The highest BCUT2D eigenvalue weighted by molar-refractivity contribution is 5.73. The van der Waals surface area contributed by atoms with Crippen LogP contribution in [0.1, 0.15) is 19.4 Å². The maximum Gasteiger partial charge on any atom is 0.320 e. The molecule has 0 spiro atoms. The van der Waals surface area contributed by atoms with Gasteiger partial charge in [-0.05, 0) is 23.6 Å². The molecule has 0 aliphatic heterocycles. The average molecular weight is 251 g/mol. The molecule has 0 aliphatic rings. The van der Waals surface area contributed by atoms with Gasteiger partial charge in [-0.25, -0.2) is 4.39 Å². The second-order valence-corrected chi connectivity index (χ2v) is 4.42. The second-order valence-electron chi connectivity index (χ2n) is 4.42. The Hall–Kier alpha value is -1.68. The molecule has 98 valence electrons. The topological polar surface area (TPSA) is 49.3 Å². The number of carboxylic acids is 1. The van der Waals surface area contributed by atoms with Crippen molar-refractivity contribution in [1.29, 1.82) is 0 Å². The normalized spacial score (nSPS) is 13.1. The van der Waals surface area contributed by atoms with Gasteiger partial charge in [0.25, 0.3) is 0 Å². The van der Waals surface area contributed by atoms with E-state index in [2.05, 4.69) is 5.32 Å². The maximum atomic E-state index is 12.7. The summed E-state index contributed by atoms with van der Waals surface area (Å²) in [6.07, 6.45) is 3.65. The summed E-state index contributed by atoms with van der Waals surface area (Å²) in [5.74, 6) is -1.09. The SMILES string of the molecule is CC(C)[C@@H](NC/C=C/c1ccc(F)cc1)C(=O)O. The summed E-state index contributed by atoms with van der Waals surface area (Å²) in [6.45, 7) is 4.18. The molecule has 0 heterocycles. The Balaban J connectivity index is 2.45. The minimum atomic E-state index is -0.847. The van der Waals surface area contributed by atoms with Crippen LogP contribution in [-0.4, -0.2) is 23.7 Å². The van der Waals surface area contributed by atoms with E-state index >= 15 is 0 Å². The fourth-order valence-electron chi connectivity index (χ4n) is 1.57. The molecule has 0 radical (unpaired) electrons. The molecule has 4 heteroatoms. The predicted molar refractivity (Wildman–Crippen MR) is 69.7 cm³/mol. The molecule has 1 atom stereocenters. The van der Waals surface area contributed by atoms with Gasteiger partial charge in [0, 0.05) is 6.54 Å². The van der Waals surface area contributed by atoms with Gasteiger partial charge in [-0.1, -0.05) is 38.1 Å². The van der Waals surface area contributed by atoms with Gasteiger partial charge in [-0.2, -0.15) is 0 Å². The lowest BCUT2D eigenvalue weighted by Crippen LogP contribution is -2.40. The lowest BCUT2D eigenvalue weighted by molar-refractivity contribution is -0.140. The van der Waals surface area contributed by atoms with Crippen LogP contribution in [0, 0.1) is 11.7 Å². The molecule has 0 aromatic heterocycles. The summed E-state index contributed by atoms with van der Waals surface area (Å²) in [6, 6.07) is 5.57. The van der Waals surface area contributed by atoms with E-state index in [0.29, 0.717) is 6.54 Å². The van der Waals surface area contributed by atoms with Gasteiger partial charge >= 0.3 is 5.97 Å². The fourth-order valence-corrected chi connectivity index (χ4v) is 1.57. The van der Waals surface area contributed by atoms with Crippen molar-refractivity contribution in [3.05, 3.63) is 41.7 Å². The van der Waals surface area contributed by atoms with Crippen LogP contribution in [0.3, 0.4) is 0 Å². The van der Waals surface area contributed by atoms with Gasteiger partial charge in [-0.3, -0.25) is 4.79 Å². The Bertz CT molecular complexity index is 412. The van der Waals surface area contributed by atoms with Crippen molar-refractivity contribution in [2.45, 2.75) is 19.9 Å². The number of rotatable bonds is 6. The van der Waals surface area contributed by atoms with Crippen molar-refractivity contribution in [2.75, 3.05) is 6.54 Å². The van der Waals surface area contributed by atoms with Crippen molar-refractivity contribution in [3.63, 3.8) is 0 Å². The zero-order chi connectivity index (χ0) is 13.5. The monoisotopic (exact) mass is 251 g/mol. The zero-order valence-electron chi connectivity index (χ0n) is 10.6. The summed E-state index contributed by atoms with van der Waals surface area (Å²) in [7, 11) is 0. The first-order chi connectivity index (χ1) is 8.50. The average Bonchev–Trinajstić information content (AvgIpc) is 2.30. The Morgan fingerprint density at radius 3 is 2.50 bits per heavy atom. The van der Waals surface area contributed by atoms with Crippen molar-refractivity contribution in [1.82, 2.24) is 5.32 Å². The number of benzene rings is 1. The highest BCUT2D eigenvalue weighted by Crippen LogP contribution is 2.05. The summed E-state index contributed by atoms with van der Waals surface area (Å²) >= 11 is 0. The van der Waals surface area contributed by atoms with E-state index in [0.717, 1.165) is 5.56 Å². The first kappa shape index (κ1) is 14.4. The molecule has 0 saturated carbocycles. The van der Waals surface area contributed by atoms with Crippen LogP contribution in [0.5, 0.6) is 0 Å². The van der Waals surface area contributed by atoms with Gasteiger partial charge < -0.3 is 10.4 Å². The molecule has 18 heavy (non-hydrogen) atoms. The quantitative estimate of drug-likeness (QED) is 0.816. The van der Waals surface area contributed by atoms with Crippen LogP contribution >= 0.6 is 0 Å². The molecule has 0 aliphatic carbocycles. The number of carbonyl (C=O) groups is 1. The molecule has 0 bridgehead atoms. The van der Waals surface area contributed by atoms with Crippen molar-refractivity contribution in [2.24, 2.45) is 5.92 Å². The lowest BCUT2D eigenvalue weighted by atomic mass is 10.1. The van der Waals surface area contributed by atoms with Crippen LogP contribution in [0.25, 0.3) is 6.08 Å². The molecule has 1 rings (SSSR count). The van der Waals surface area contributed by atoms with Gasteiger partial charge in [-0.15, -0.1) is 0 Å². The van der Waals surface area contributed by atoms with E-state index in [4.69, 9.17) is 5.11 Å². The maximum absolute atomic E-state index is 12.7. The molecule has 0 unspecified atom stereocenters. The minimum absolute atomic E-state index is 0.0294. The smallest absolute Gasteiger partial charge is 0.320 e. The fraction of sp³-hybridized carbons (Fsp3) is 0.357. The number of nitrogens with one attached hydrogen (secondary N) is 1. The molecule has 3 nitrogen and oxygen atoms in total. The molecular formula is C14H18FNO2. The van der Waals surface area contributed by atoms with E-state index in [1.165, 1.54) is 12.1 Å². The first-order valence-corrected chi connectivity index (χ1v) is 5.89. The van der Waals surface area contributed by atoms with Gasteiger partial charge in [0.2, 0.25) is 0 Å². The molecular weight excluding hydrogens is 233 g/mol. The standard InChI is InChI=1S/C14H18FNO2/c1-10(2)13(14(17)18)16-9-3-4-11-5-7-12(15)8-6-11/h3-8,10,13,16H,9H2,1-2H3,(H,17,18)/b4-3+/t13-/m1/s1. The van der Waals surface area contributed by atoms with E-state index in [-0.39, 0.29) is 11.7 Å². The zero-order valence-corrected chi connectivity index (χ0v) is 10.6. The van der Waals surface area contributed by atoms with Crippen LogP contribution in [0.2, 0.25) is 0 Å². The van der Waals surface area contributed by atoms with Crippen LogP contribution in [0.15, 0.2) is 30.3 Å². The van der Waals surface area contributed by atoms with Crippen molar-refractivity contribution < 1.29 is 14.3 Å². The number of carboxylic acid groups (broad SMARTS) is 1. The van der Waals surface area contributed by atoms with Crippen molar-refractivity contribution in [3.8, 4) is 0 Å². The van der Waals surface area contributed by atoms with Crippen LogP contribution in [0.4, 0.5) is 4.39 Å². The Morgan fingerprint density at radius 2 is 2.00 bits per heavy atom. The minimum Gasteiger partial charge on any atom is -0.480 e. The molecule has 1 aromatic rings. The highest BCUT2D eigenvalue weighted by Gasteiger charge is 2.19. The number of hydrogen-bond acceptors (Lipinski definition) is 2. The highest BCUT2D eigenvalue weighted by atomic mass is 19.1. The molecule has 2 N–H and O–H groups in total. The van der Waals surface area contributed by atoms with Crippen LogP contribution < -0.4 is 5.32 Å². The van der Waals surface area contributed by atoms with Gasteiger partial charge in [0.1, 0.15) is 11.9 Å². The molecule has 0 amide bonds. The molecule has 0 saturated heterocycles. The van der Waals surface area contributed by atoms with E-state index in [1.54, 1.807) is 12.1 Å². The first-order valence-electron chi connectivity index (χ1n) is 5.89. The third kappa shape index (κ3) is 4.67. The van der Waals surface area contributed by atoms with Gasteiger partial charge in [0.15, 0.2) is 0 Å². The van der Waals surface area contributed by atoms with Crippen LogP contribution in [-0.2, 0) is 4.79 Å². The predicted octanol–water partition coefficient (Wildman–Crippen LogP) is 2.54. The Labute approximate surface area is 106 Å². The molecule has 1 aromatic carbocycles. The molecule has 0 fully saturated rings. The number of hydrogen-bond donors (Lipinski definition) is 2. The van der Waals surface area contributed by atoms with Gasteiger partial charge in [0.05, 0.1) is 0 Å².